The van der Waals surface area contributed by atoms with E-state index in [2.05, 4.69) is 22.0 Å². The second-order valence-electron chi connectivity index (χ2n) is 6.73. The van der Waals surface area contributed by atoms with Crippen molar-refractivity contribution in [2.45, 2.75) is 31.3 Å². The Bertz CT molecular complexity index is 979. The van der Waals surface area contributed by atoms with Crippen LogP contribution in [0.25, 0.3) is 5.65 Å². The highest BCUT2D eigenvalue weighted by atomic mass is 32.1. The van der Waals surface area contributed by atoms with Gasteiger partial charge >= 0.3 is 0 Å². The van der Waals surface area contributed by atoms with Crippen LogP contribution in [0.3, 0.4) is 0 Å². The van der Waals surface area contributed by atoms with E-state index in [1.165, 1.54) is 23.4 Å². The third-order valence-corrected chi connectivity index (χ3v) is 6.67. The number of likely N-dealkylation sites (N-methyl/N-ethyl adjacent to an activating group) is 1. The molecule has 128 valence electrons. The minimum atomic E-state index is -0.127. The summed E-state index contributed by atoms with van der Waals surface area (Å²) in [5.41, 5.74) is 2.23. The average molecular weight is 354 g/mol. The predicted octanol–water partition coefficient (Wildman–Crippen LogP) is 2.15. The van der Waals surface area contributed by atoms with Crippen LogP contribution in [0.4, 0.5) is 5.13 Å². The number of hydrogen-bond donors (Lipinski definition) is 0. The summed E-state index contributed by atoms with van der Waals surface area (Å²) in [6.45, 7) is 0. The summed E-state index contributed by atoms with van der Waals surface area (Å²) in [6.07, 6.45) is 8.44. The fourth-order valence-corrected chi connectivity index (χ4v) is 5.18. The van der Waals surface area contributed by atoms with Crippen LogP contribution in [0, 0.1) is 0 Å². The maximum atomic E-state index is 12.9. The van der Waals surface area contributed by atoms with Crippen molar-refractivity contribution in [1.82, 2.24) is 24.5 Å². The molecule has 0 spiro atoms. The van der Waals surface area contributed by atoms with Crippen LogP contribution in [0.5, 0.6) is 0 Å². The zero-order valence-electron chi connectivity index (χ0n) is 14.1. The van der Waals surface area contributed by atoms with Gasteiger partial charge in [-0.25, -0.2) is 14.5 Å². The first-order chi connectivity index (χ1) is 12.1. The quantitative estimate of drug-likeness (QED) is 0.705. The van der Waals surface area contributed by atoms with Gasteiger partial charge in [-0.15, -0.1) is 0 Å². The molecule has 2 aliphatic rings. The number of amides is 1. The third kappa shape index (κ3) is 2.14. The molecule has 2 aliphatic heterocycles. The van der Waals surface area contributed by atoms with Gasteiger partial charge in [0, 0.05) is 42.8 Å². The Morgan fingerprint density at radius 1 is 1.40 bits per heavy atom. The fourth-order valence-electron chi connectivity index (χ4n) is 3.94. The molecular weight excluding hydrogens is 336 g/mol. The Labute approximate surface area is 148 Å². The van der Waals surface area contributed by atoms with Crippen molar-refractivity contribution in [2.75, 3.05) is 19.0 Å². The summed E-state index contributed by atoms with van der Waals surface area (Å²) in [6, 6.07) is 2.85. The first-order valence-corrected chi connectivity index (χ1v) is 9.23. The molecule has 0 unspecified atom stereocenters. The highest BCUT2D eigenvalue weighted by molar-refractivity contribution is 7.16. The van der Waals surface area contributed by atoms with E-state index in [9.17, 15) is 4.79 Å². The number of anilines is 1. The van der Waals surface area contributed by atoms with Crippen molar-refractivity contribution in [3.63, 3.8) is 0 Å². The molecule has 2 atom stereocenters. The normalized spacial score (nSPS) is 22.3. The Hall–Kier alpha value is -2.32. The van der Waals surface area contributed by atoms with Gasteiger partial charge in [0.15, 0.2) is 10.8 Å². The largest absolute Gasteiger partial charge is 0.295 e. The van der Waals surface area contributed by atoms with Gasteiger partial charge in [0.1, 0.15) is 5.56 Å². The lowest BCUT2D eigenvalue weighted by Gasteiger charge is -2.29. The lowest BCUT2D eigenvalue weighted by molar-refractivity contribution is 0.0994. The van der Waals surface area contributed by atoms with Crippen LogP contribution < -0.4 is 4.90 Å². The molecule has 0 radical (unpaired) electrons. The number of hydrogen-bond acceptors (Lipinski definition) is 6. The molecule has 7 nitrogen and oxygen atoms in total. The lowest BCUT2D eigenvalue weighted by atomic mass is 10.1. The predicted molar refractivity (Wildman–Crippen MR) is 95.1 cm³/mol. The number of nitrogens with zero attached hydrogens (tertiary/aromatic N) is 6. The molecule has 5 heterocycles. The van der Waals surface area contributed by atoms with Crippen molar-refractivity contribution < 1.29 is 4.79 Å². The molecule has 3 aromatic heterocycles. The van der Waals surface area contributed by atoms with Gasteiger partial charge in [-0.2, -0.15) is 5.10 Å². The lowest BCUT2D eigenvalue weighted by Crippen LogP contribution is -2.33. The van der Waals surface area contributed by atoms with E-state index in [0.717, 1.165) is 11.6 Å². The Balaban J connectivity index is 1.49. The molecule has 8 heteroatoms. The molecule has 5 rings (SSSR count). The second kappa shape index (κ2) is 5.34. The first-order valence-electron chi connectivity index (χ1n) is 8.41. The molecule has 3 aromatic rings. The smallest absolute Gasteiger partial charge is 0.265 e. The summed E-state index contributed by atoms with van der Waals surface area (Å²) in [7, 11) is 3.98. The minimum Gasteiger partial charge on any atom is -0.295 e. The number of carbonyl (C=O) groups is 1. The van der Waals surface area contributed by atoms with Gasteiger partial charge in [0.25, 0.3) is 5.91 Å². The summed E-state index contributed by atoms with van der Waals surface area (Å²) in [5.74, 6) is -0.127. The van der Waals surface area contributed by atoms with Crippen molar-refractivity contribution in [3.05, 3.63) is 40.8 Å². The molecule has 0 aliphatic carbocycles. The van der Waals surface area contributed by atoms with E-state index < -0.39 is 0 Å². The van der Waals surface area contributed by atoms with Crippen LogP contribution in [-0.2, 0) is 6.42 Å². The van der Waals surface area contributed by atoms with Crippen LogP contribution in [0.2, 0.25) is 0 Å². The molecular formula is C17H18N6OS. The van der Waals surface area contributed by atoms with Crippen molar-refractivity contribution in [2.24, 2.45) is 0 Å². The molecule has 25 heavy (non-hydrogen) atoms. The standard InChI is InChI=1S/C17H18N6OS/c1-21-10-4-5-13(21)14-12(8-10)20-17(25-14)22(2)16(24)11-9-19-23-7-3-6-18-15(11)23/h3,6-7,9-10,13H,4-5,8H2,1-2H3/t10-,13+/m0/s1. The van der Waals surface area contributed by atoms with E-state index in [-0.39, 0.29) is 5.91 Å². The van der Waals surface area contributed by atoms with Crippen LogP contribution >= 0.6 is 11.3 Å². The first kappa shape index (κ1) is 15.0. The zero-order valence-corrected chi connectivity index (χ0v) is 14.9. The summed E-state index contributed by atoms with van der Waals surface area (Å²) in [4.78, 5) is 27.4. The maximum absolute atomic E-state index is 12.9. The number of carbonyl (C=O) groups excluding carboxylic acids is 1. The van der Waals surface area contributed by atoms with E-state index in [4.69, 9.17) is 4.98 Å². The van der Waals surface area contributed by atoms with E-state index >= 15 is 0 Å². The number of aromatic nitrogens is 4. The Kier molecular flexibility index (Phi) is 3.20. The molecule has 1 saturated heterocycles. The minimum absolute atomic E-state index is 0.127. The van der Waals surface area contributed by atoms with Gasteiger partial charge < -0.3 is 0 Å². The van der Waals surface area contributed by atoms with E-state index in [1.54, 1.807) is 52.5 Å². The van der Waals surface area contributed by atoms with Gasteiger partial charge in [-0.3, -0.25) is 14.6 Å². The zero-order chi connectivity index (χ0) is 17.1. The molecule has 1 amide bonds. The molecule has 0 aromatic carbocycles. The van der Waals surface area contributed by atoms with Crippen molar-refractivity contribution in [3.8, 4) is 0 Å². The molecule has 1 fully saturated rings. The summed E-state index contributed by atoms with van der Waals surface area (Å²) < 4.78 is 1.61. The van der Waals surface area contributed by atoms with Gasteiger partial charge in [0.2, 0.25) is 0 Å². The highest BCUT2D eigenvalue weighted by Crippen LogP contribution is 2.46. The highest BCUT2D eigenvalue weighted by Gasteiger charge is 2.40. The number of fused-ring (bicyclic) bond motifs is 5. The SMILES string of the molecule is CN(C(=O)c1cnn2cccnc12)c1nc2c(s1)[C@H]1CC[C@@H](C2)N1C. The van der Waals surface area contributed by atoms with Crippen LogP contribution in [0.1, 0.15) is 39.8 Å². The number of thiazole rings is 1. The summed E-state index contributed by atoms with van der Waals surface area (Å²) in [5, 5.41) is 4.96. The fraction of sp³-hybridized carbons (Fsp3) is 0.412. The van der Waals surface area contributed by atoms with Crippen molar-refractivity contribution >= 4 is 28.0 Å². The topological polar surface area (TPSA) is 66.6 Å². The van der Waals surface area contributed by atoms with E-state index in [0.29, 0.717) is 23.3 Å². The van der Waals surface area contributed by atoms with Gasteiger partial charge in [-0.1, -0.05) is 11.3 Å². The maximum Gasteiger partial charge on any atom is 0.265 e. The average Bonchev–Trinajstić information content (AvgIpc) is 3.30. The van der Waals surface area contributed by atoms with Crippen LogP contribution in [0.15, 0.2) is 24.7 Å². The third-order valence-electron chi connectivity index (χ3n) is 5.39. The van der Waals surface area contributed by atoms with Gasteiger partial charge in [-0.05, 0) is 26.0 Å². The van der Waals surface area contributed by atoms with Crippen molar-refractivity contribution in [1.29, 1.82) is 0 Å². The Morgan fingerprint density at radius 3 is 3.16 bits per heavy atom. The van der Waals surface area contributed by atoms with Crippen LogP contribution in [-0.4, -0.2) is 50.5 Å². The number of rotatable bonds is 2. The second-order valence-corrected chi connectivity index (χ2v) is 7.74. The van der Waals surface area contributed by atoms with Gasteiger partial charge in [0.05, 0.1) is 11.9 Å². The summed E-state index contributed by atoms with van der Waals surface area (Å²) >= 11 is 1.64. The monoisotopic (exact) mass is 354 g/mol. The van der Waals surface area contributed by atoms with E-state index in [1.807, 2.05) is 0 Å². The molecule has 2 bridgehead atoms. The Morgan fingerprint density at radius 2 is 2.28 bits per heavy atom. The molecule has 0 saturated carbocycles. The molecule has 0 N–H and O–H groups in total.